The fourth-order valence-corrected chi connectivity index (χ4v) is 4.55. The minimum atomic E-state index is -0.386. The Balaban J connectivity index is 1.48. The van der Waals surface area contributed by atoms with Gasteiger partial charge >= 0.3 is 0 Å². The van der Waals surface area contributed by atoms with Gasteiger partial charge in [0, 0.05) is 20.6 Å². The highest BCUT2D eigenvalue weighted by atomic mass is 35.5. The summed E-state index contributed by atoms with van der Waals surface area (Å²) in [5, 5.41) is 1.12. The zero-order valence-corrected chi connectivity index (χ0v) is 19.6. The van der Waals surface area contributed by atoms with Crippen molar-refractivity contribution in [2.24, 2.45) is 0 Å². The van der Waals surface area contributed by atoms with E-state index in [9.17, 15) is 9.59 Å². The maximum Gasteiger partial charge on any atom is 0.293 e. The first kappa shape index (κ1) is 22.7. The Hall–Kier alpha value is -2.44. The van der Waals surface area contributed by atoms with Crippen molar-refractivity contribution in [2.45, 2.75) is 13.2 Å². The molecule has 0 bridgehead atoms. The van der Waals surface area contributed by atoms with Crippen molar-refractivity contribution in [2.75, 3.05) is 0 Å². The van der Waals surface area contributed by atoms with Gasteiger partial charge in [0.1, 0.15) is 12.4 Å². The third-order valence-corrected chi connectivity index (χ3v) is 6.59. The molecule has 0 N–H and O–H groups in total. The van der Waals surface area contributed by atoms with Crippen LogP contribution in [0.4, 0.5) is 4.79 Å². The first-order chi connectivity index (χ1) is 15.4. The highest BCUT2D eigenvalue weighted by Gasteiger charge is 2.35. The van der Waals surface area contributed by atoms with Gasteiger partial charge in [-0.1, -0.05) is 65.1 Å². The Kier molecular flexibility index (Phi) is 7.11. The summed E-state index contributed by atoms with van der Waals surface area (Å²) in [6, 6.07) is 19.8. The minimum Gasteiger partial charge on any atom is -0.489 e. The second-order valence-corrected chi connectivity index (χ2v) is 9.20. The summed E-state index contributed by atoms with van der Waals surface area (Å²) >= 11 is 19.2. The Morgan fingerprint density at radius 1 is 0.906 bits per heavy atom. The van der Waals surface area contributed by atoms with Crippen molar-refractivity contribution in [3.05, 3.63) is 103 Å². The van der Waals surface area contributed by atoms with Crippen LogP contribution in [-0.4, -0.2) is 16.0 Å². The van der Waals surface area contributed by atoms with Gasteiger partial charge < -0.3 is 4.74 Å². The van der Waals surface area contributed by atoms with Crippen LogP contribution >= 0.6 is 46.6 Å². The van der Waals surface area contributed by atoms with Crippen molar-refractivity contribution in [3.8, 4) is 5.75 Å². The number of hydrogen-bond donors (Lipinski definition) is 0. The van der Waals surface area contributed by atoms with Crippen LogP contribution < -0.4 is 4.74 Å². The minimum absolute atomic E-state index is 0.0186. The van der Waals surface area contributed by atoms with Gasteiger partial charge in [-0.2, -0.15) is 0 Å². The number of rotatable bonds is 6. The summed E-state index contributed by atoms with van der Waals surface area (Å²) < 4.78 is 5.84. The molecule has 8 heteroatoms. The van der Waals surface area contributed by atoms with E-state index in [0.29, 0.717) is 37.9 Å². The van der Waals surface area contributed by atoms with E-state index in [2.05, 4.69) is 0 Å². The summed E-state index contributed by atoms with van der Waals surface area (Å²) in [6.45, 7) is 0.403. The molecule has 2 amide bonds. The molecular weight excluding hydrogens is 489 g/mol. The molecule has 1 aliphatic rings. The second kappa shape index (κ2) is 10.0. The SMILES string of the molecule is O=C1SC(=Cc2cccc(OCc3ccc(Cl)cc3)c2)C(=O)N1Cc1c(Cl)cccc1Cl. The average molecular weight is 505 g/mol. The Labute approximate surface area is 204 Å². The number of carbonyl (C=O) groups is 2. The van der Waals surface area contributed by atoms with E-state index in [4.69, 9.17) is 39.5 Å². The zero-order chi connectivity index (χ0) is 22.7. The number of hydrogen-bond acceptors (Lipinski definition) is 4. The third kappa shape index (κ3) is 5.30. The molecule has 1 saturated heterocycles. The molecule has 0 unspecified atom stereocenters. The number of ether oxygens (including phenoxy) is 1. The van der Waals surface area contributed by atoms with E-state index < -0.39 is 0 Å². The van der Waals surface area contributed by atoms with E-state index in [1.54, 1.807) is 24.3 Å². The van der Waals surface area contributed by atoms with Crippen LogP contribution in [0.5, 0.6) is 5.75 Å². The molecule has 1 heterocycles. The lowest BCUT2D eigenvalue weighted by Crippen LogP contribution is -2.27. The normalized spacial score (nSPS) is 15.0. The summed E-state index contributed by atoms with van der Waals surface area (Å²) in [5.74, 6) is 0.263. The van der Waals surface area contributed by atoms with Gasteiger partial charge in [0.2, 0.25) is 0 Å². The number of nitrogens with zero attached hydrogens (tertiary/aromatic N) is 1. The van der Waals surface area contributed by atoms with Gasteiger partial charge in [-0.25, -0.2) is 0 Å². The first-order valence-corrected chi connectivity index (χ1v) is 11.5. The molecule has 0 radical (unpaired) electrons. The van der Waals surface area contributed by atoms with E-state index in [1.165, 1.54) is 0 Å². The van der Waals surface area contributed by atoms with Gasteiger partial charge in [0.15, 0.2) is 0 Å². The lowest BCUT2D eigenvalue weighted by atomic mass is 10.2. The fourth-order valence-electron chi connectivity index (χ4n) is 3.07. The molecule has 1 aliphatic heterocycles. The van der Waals surface area contributed by atoms with Crippen molar-refractivity contribution >= 4 is 63.8 Å². The molecule has 0 saturated carbocycles. The van der Waals surface area contributed by atoms with Gasteiger partial charge in [-0.3, -0.25) is 14.5 Å². The van der Waals surface area contributed by atoms with Crippen LogP contribution in [-0.2, 0) is 17.9 Å². The molecule has 0 aromatic heterocycles. The fraction of sp³-hybridized carbons (Fsp3) is 0.0833. The maximum absolute atomic E-state index is 12.9. The van der Waals surface area contributed by atoms with Crippen LogP contribution in [0.15, 0.2) is 71.6 Å². The van der Waals surface area contributed by atoms with Gasteiger partial charge in [-0.15, -0.1) is 0 Å². The zero-order valence-electron chi connectivity index (χ0n) is 16.6. The van der Waals surface area contributed by atoms with Crippen molar-refractivity contribution < 1.29 is 14.3 Å². The van der Waals surface area contributed by atoms with Crippen LogP contribution in [0.3, 0.4) is 0 Å². The molecule has 0 atom stereocenters. The summed E-state index contributed by atoms with van der Waals surface area (Å²) in [5.41, 5.74) is 2.27. The van der Waals surface area contributed by atoms with Crippen LogP contribution in [0.2, 0.25) is 15.1 Å². The van der Waals surface area contributed by atoms with E-state index in [1.807, 2.05) is 48.5 Å². The van der Waals surface area contributed by atoms with E-state index in [0.717, 1.165) is 27.8 Å². The molecule has 4 rings (SSSR count). The predicted molar refractivity (Wildman–Crippen MR) is 130 cm³/mol. The summed E-state index contributed by atoms with van der Waals surface area (Å²) in [6.07, 6.45) is 1.67. The summed E-state index contributed by atoms with van der Waals surface area (Å²) in [7, 11) is 0. The second-order valence-electron chi connectivity index (χ2n) is 6.96. The highest BCUT2D eigenvalue weighted by molar-refractivity contribution is 8.18. The van der Waals surface area contributed by atoms with Crippen LogP contribution in [0.25, 0.3) is 6.08 Å². The van der Waals surface area contributed by atoms with Crippen LogP contribution in [0.1, 0.15) is 16.7 Å². The Morgan fingerprint density at radius 2 is 1.59 bits per heavy atom. The number of imide groups is 1. The number of benzene rings is 3. The largest absolute Gasteiger partial charge is 0.489 e. The average Bonchev–Trinajstić information content (AvgIpc) is 3.03. The van der Waals surface area contributed by atoms with Gasteiger partial charge in [0.25, 0.3) is 11.1 Å². The molecule has 4 nitrogen and oxygen atoms in total. The molecule has 0 spiro atoms. The van der Waals surface area contributed by atoms with E-state index >= 15 is 0 Å². The lowest BCUT2D eigenvalue weighted by Gasteiger charge is -2.14. The van der Waals surface area contributed by atoms with Gasteiger partial charge in [-0.05, 0) is 65.4 Å². The first-order valence-electron chi connectivity index (χ1n) is 9.56. The maximum atomic E-state index is 12.9. The third-order valence-electron chi connectivity index (χ3n) is 4.73. The highest BCUT2D eigenvalue weighted by Crippen LogP contribution is 2.36. The van der Waals surface area contributed by atoms with Crippen LogP contribution in [0, 0.1) is 0 Å². The molecular formula is C24H16Cl3NO3S. The lowest BCUT2D eigenvalue weighted by molar-refractivity contribution is -0.123. The van der Waals surface area contributed by atoms with Crippen molar-refractivity contribution in [1.82, 2.24) is 4.90 Å². The quantitative estimate of drug-likeness (QED) is 0.327. The molecule has 0 aliphatic carbocycles. The molecule has 32 heavy (non-hydrogen) atoms. The Bertz CT molecular complexity index is 1190. The van der Waals surface area contributed by atoms with E-state index in [-0.39, 0.29) is 17.7 Å². The predicted octanol–water partition coefficient (Wildman–Crippen LogP) is 7.46. The van der Waals surface area contributed by atoms with Crippen molar-refractivity contribution in [3.63, 3.8) is 0 Å². The number of halogens is 3. The molecule has 1 fully saturated rings. The van der Waals surface area contributed by atoms with Gasteiger partial charge in [0.05, 0.1) is 11.4 Å². The number of carbonyl (C=O) groups excluding carboxylic acids is 2. The molecule has 3 aromatic rings. The number of thioether (sulfide) groups is 1. The smallest absolute Gasteiger partial charge is 0.293 e. The molecule has 162 valence electrons. The molecule has 3 aromatic carbocycles. The monoisotopic (exact) mass is 503 g/mol. The summed E-state index contributed by atoms with van der Waals surface area (Å²) in [4.78, 5) is 26.8. The number of amides is 2. The Morgan fingerprint density at radius 3 is 2.31 bits per heavy atom. The standard InChI is InChI=1S/C24H16Cl3NO3S/c25-17-9-7-15(8-10-17)14-31-18-4-1-3-16(11-18)12-22-23(29)28(24(30)32-22)13-19-20(26)5-2-6-21(19)27/h1-12H,13-14H2. The topological polar surface area (TPSA) is 46.6 Å². The van der Waals surface area contributed by atoms with Crippen molar-refractivity contribution in [1.29, 1.82) is 0 Å².